The second kappa shape index (κ2) is 8.19. The Morgan fingerprint density at radius 3 is 2.62 bits per heavy atom. The van der Waals surface area contributed by atoms with E-state index in [0.717, 1.165) is 16.9 Å². The first-order chi connectivity index (χ1) is 14.0. The fourth-order valence-corrected chi connectivity index (χ4v) is 3.25. The molecule has 4 nitrogen and oxygen atoms in total. The highest BCUT2D eigenvalue weighted by Gasteiger charge is 2.27. The zero-order valence-electron chi connectivity index (χ0n) is 15.4. The van der Waals surface area contributed by atoms with Crippen LogP contribution < -0.4 is 14.2 Å². The van der Waals surface area contributed by atoms with Crippen molar-refractivity contribution in [3.8, 4) is 17.2 Å². The molecule has 0 amide bonds. The van der Waals surface area contributed by atoms with E-state index in [1.165, 1.54) is 0 Å². The Labute approximate surface area is 178 Å². The van der Waals surface area contributed by atoms with Crippen molar-refractivity contribution in [2.24, 2.45) is 0 Å². The van der Waals surface area contributed by atoms with Crippen LogP contribution in [0.1, 0.15) is 21.5 Å². The predicted molar refractivity (Wildman–Crippen MR) is 113 cm³/mol. The van der Waals surface area contributed by atoms with Crippen LogP contribution in [0.3, 0.4) is 0 Å². The SMILES string of the molecule is COc1cccc(COc2ccc3c(c2)O/C(=C\c2ccc(Cl)c(Cl)c2)C3=O)c1. The third-order valence-electron chi connectivity index (χ3n) is 4.42. The van der Waals surface area contributed by atoms with Gasteiger partial charge < -0.3 is 14.2 Å². The molecule has 29 heavy (non-hydrogen) atoms. The van der Waals surface area contributed by atoms with Crippen LogP contribution in [0.5, 0.6) is 17.2 Å². The number of fused-ring (bicyclic) bond motifs is 1. The van der Waals surface area contributed by atoms with Crippen LogP contribution in [0.2, 0.25) is 10.0 Å². The Hall–Kier alpha value is -2.95. The number of ether oxygens (including phenoxy) is 3. The minimum atomic E-state index is -0.189. The molecular formula is C23H16Cl2O4. The number of carbonyl (C=O) groups is 1. The molecule has 3 aromatic rings. The van der Waals surface area contributed by atoms with Crippen LogP contribution in [0.25, 0.3) is 6.08 Å². The van der Waals surface area contributed by atoms with Gasteiger partial charge in [0, 0.05) is 6.07 Å². The summed E-state index contributed by atoms with van der Waals surface area (Å²) in [4.78, 5) is 12.6. The topological polar surface area (TPSA) is 44.8 Å². The molecule has 4 rings (SSSR count). The zero-order chi connectivity index (χ0) is 20.4. The summed E-state index contributed by atoms with van der Waals surface area (Å²) in [7, 11) is 1.62. The molecule has 0 N–H and O–H groups in total. The van der Waals surface area contributed by atoms with E-state index in [1.807, 2.05) is 24.3 Å². The van der Waals surface area contributed by atoms with Gasteiger partial charge in [-0.2, -0.15) is 0 Å². The summed E-state index contributed by atoms with van der Waals surface area (Å²) >= 11 is 12.0. The van der Waals surface area contributed by atoms with Crippen LogP contribution in [-0.2, 0) is 6.61 Å². The van der Waals surface area contributed by atoms with Crippen molar-refractivity contribution < 1.29 is 19.0 Å². The van der Waals surface area contributed by atoms with Gasteiger partial charge in [0.2, 0.25) is 5.78 Å². The number of benzene rings is 3. The molecule has 6 heteroatoms. The van der Waals surface area contributed by atoms with Crippen molar-refractivity contribution in [1.82, 2.24) is 0 Å². The number of methoxy groups -OCH3 is 1. The van der Waals surface area contributed by atoms with Gasteiger partial charge in [-0.05, 0) is 53.6 Å². The van der Waals surface area contributed by atoms with Gasteiger partial charge in [-0.3, -0.25) is 4.79 Å². The summed E-state index contributed by atoms with van der Waals surface area (Å²) in [6, 6.07) is 17.9. The lowest BCUT2D eigenvalue weighted by Gasteiger charge is -2.08. The summed E-state index contributed by atoms with van der Waals surface area (Å²) in [5, 5.41) is 0.866. The Morgan fingerprint density at radius 2 is 1.83 bits per heavy atom. The molecule has 1 aliphatic heterocycles. The maximum Gasteiger partial charge on any atom is 0.231 e. The maximum atomic E-state index is 12.6. The summed E-state index contributed by atoms with van der Waals surface area (Å²) < 4.78 is 16.8. The lowest BCUT2D eigenvalue weighted by molar-refractivity contribution is 0.101. The number of Topliss-reactive ketones (excluding diaryl/α,β-unsaturated/α-hetero) is 1. The number of halogens is 2. The van der Waals surface area contributed by atoms with Gasteiger partial charge in [-0.25, -0.2) is 0 Å². The third-order valence-corrected chi connectivity index (χ3v) is 5.16. The molecule has 1 aliphatic rings. The average Bonchev–Trinajstić information content (AvgIpc) is 3.04. The fraction of sp³-hybridized carbons (Fsp3) is 0.0870. The van der Waals surface area contributed by atoms with Crippen molar-refractivity contribution in [2.75, 3.05) is 7.11 Å². The maximum absolute atomic E-state index is 12.6. The molecule has 0 saturated heterocycles. The van der Waals surface area contributed by atoms with Gasteiger partial charge in [0.25, 0.3) is 0 Å². The lowest BCUT2D eigenvalue weighted by atomic mass is 10.1. The van der Waals surface area contributed by atoms with Crippen molar-refractivity contribution >= 4 is 35.1 Å². The molecule has 0 bridgehead atoms. The molecule has 146 valence electrons. The van der Waals surface area contributed by atoms with Gasteiger partial charge in [0.15, 0.2) is 5.76 Å². The Bertz CT molecular complexity index is 1120. The average molecular weight is 427 g/mol. The monoisotopic (exact) mass is 426 g/mol. The van der Waals surface area contributed by atoms with Crippen molar-refractivity contribution in [3.63, 3.8) is 0 Å². The summed E-state index contributed by atoms with van der Waals surface area (Å²) in [6.45, 7) is 0.371. The molecule has 0 aliphatic carbocycles. The van der Waals surface area contributed by atoms with E-state index in [4.69, 9.17) is 37.4 Å². The Balaban J connectivity index is 1.50. The van der Waals surface area contributed by atoms with Gasteiger partial charge >= 0.3 is 0 Å². The highest BCUT2D eigenvalue weighted by Crippen LogP contribution is 2.35. The van der Waals surface area contributed by atoms with Crippen LogP contribution >= 0.6 is 23.2 Å². The normalized spacial score (nSPS) is 13.9. The fourth-order valence-electron chi connectivity index (χ4n) is 2.94. The van der Waals surface area contributed by atoms with Crippen molar-refractivity contribution in [3.05, 3.63) is 93.2 Å². The highest BCUT2D eigenvalue weighted by molar-refractivity contribution is 6.42. The largest absolute Gasteiger partial charge is 0.497 e. The van der Waals surface area contributed by atoms with Gasteiger partial charge in [-0.1, -0.05) is 41.4 Å². The number of rotatable bonds is 5. The number of hydrogen-bond acceptors (Lipinski definition) is 4. The Morgan fingerprint density at radius 1 is 0.966 bits per heavy atom. The van der Waals surface area contributed by atoms with Crippen LogP contribution in [0.15, 0.2) is 66.4 Å². The Kier molecular flexibility index (Phi) is 5.47. The van der Waals surface area contributed by atoms with E-state index in [0.29, 0.717) is 33.7 Å². The van der Waals surface area contributed by atoms with E-state index in [2.05, 4.69) is 0 Å². The molecule has 0 atom stereocenters. The highest BCUT2D eigenvalue weighted by atomic mass is 35.5. The molecule has 0 aromatic heterocycles. The molecule has 0 spiro atoms. The molecule has 3 aromatic carbocycles. The predicted octanol–water partition coefficient (Wildman–Crippen LogP) is 6.20. The van der Waals surface area contributed by atoms with Gasteiger partial charge in [-0.15, -0.1) is 0 Å². The molecule has 0 radical (unpaired) electrons. The van der Waals surface area contributed by atoms with Gasteiger partial charge in [0.05, 0.1) is 22.7 Å². The number of hydrogen-bond donors (Lipinski definition) is 0. The number of allylic oxidation sites excluding steroid dienone is 1. The van der Waals surface area contributed by atoms with Crippen LogP contribution in [-0.4, -0.2) is 12.9 Å². The smallest absolute Gasteiger partial charge is 0.231 e. The zero-order valence-corrected chi connectivity index (χ0v) is 17.0. The van der Waals surface area contributed by atoms with Crippen LogP contribution in [0.4, 0.5) is 0 Å². The van der Waals surface area contributed by atoms with E-state index in [9.17, 15) is 4.79 Å². The molecule has 0 fully saturated rings. The third kappa shape index (κ3) is 4.24. The van der Waals surface area contributed by atoms with E-state index < -0.39 is 0 Å². The summed E-state index contributed by atoms with van der Waals surface area (Å²) in [5.41, 5.74) is 2.19. The number of carbonyl (C=O) groups excluding carboxylic acids is 1. The van der Waals surface area contributed by atoms with Crippen LogP contribution in [0, 0.1) is 0 Å². The second-order valence-electron chi connectivity index (χ2n) is 6.41. The van der Waals surface area contributed by atoms with E-state index in [1.54, 1.807) is 49.6 Å². The van der Waals surface area contributed by atoms with Crippen molar-refractivity contribution in [2.45, 2.75) is 6.61 Å². The standard InChI is InChI=1S/C23H16Cl2O4/c1-27-16-4-2-3-15(9-16)13-28-17-6-7-18-21(12-17)29-22(23(18)26)11-14-5-8-19(24)20(25)10-14/h2-12H,13H2,1H3/b22-11-. The summed E-state index contributed by atoms with van der Waals surface area (Å²) in [5.74, 6) is 1.87. The summed E-state index contributed by atoms with van der Waals surface area (Å²) in [6.07, 6.45) is 1.64. The van der Waals surface area contributed by atoms with Gasteiger partial charge in [0.1, 0.15) is 23.9 Å². The first-order valence-corrected chi connectivity index (χ1v) is 9.58. The number of ketones is 1. The quantitative estimate of drug-likeness (QED) is 0.455. The molecule has 0 unspecified atom stereocenters. The van der Waals surface area contributed by atoms with Crippen molar-refractivity contribution in [1.29, 1.82) is 0 Å². The molecular weight excluding hydrogens is 411 g/mol. The second-order valence-corrected chi connectivity index (χ2v) is 7.23. The first kappa shape index (κ1) is 19.4. The minimum Gasteiger partial charge on any atom is -0.497 e. The lowest BCUT2D eigenvalue weighted by Crippen LogP contribution is -1.98. The molecule has 0 saturated carbocycles. The van der Waals surface area contributed by atoms with E-state index in [-0.39, 0.29) is 11.5 Å². The minimum absolute atomic E-state index is 0.189. The molecule has 1 heterocycles. The van der Waals surface area contributed by atoms with E-state index >= 15 is 0 Å². The first-order valence-electron chi connectivity index (χ1n) is 8.82.